The van der Waals surface area contributed by atoms with Gasteiger partial charge in [0, 0.05) is 26.1 Å². The highest BCUT2D eigenvalue weighted by molar-refractivity contribution is 5.84. The molecular weight excluding hydrogens is 380 g/mol. The van der Waals surface area contributed by atoms with E-state index in [0.29, 0.717) is 25.6 Å². The van der Waals surface area contributed by atoms with Crippen LogP contribution in [0.3, 0.4) is 0 Å². The van der Waals surface area contributed by atoms with Gasteiger partial charge < -0.3 is 19.3 Å². The second kappa shape index (κ2) is 7.19. The lowest BCUT2D eigenvalue weighted by atomic mass is 9.49. The fourth-order valence-electron chi connectivity index (χ4n) is 8.09. The number of ether oxygens (including phenoxy) is 2. The van der Waals surface area contributed by atoms with Gasteiger partial charge in [-0.15, -0.1) is 0 Å². The summed E-state index contributed by atoms with van der Waals surface area (Å²) in [5.74, 6) is 2.94. The molecule has 3 heterocycles. The van der Waals surface area contributed by atoms with Crippen LogP contribution in [0.5, 0.6) is 0 Å². The van der Waals surface area contributed by atoms with Crippen LogP contribution in [0.2, 0.25) is 0 Å². The smallest absolute Gasteiger partial charge is 0.248 e. The summed E-state index contributed by atoms with van der Waals surface area (Å²) in [7, 11) is 0. The van der Waals surface area contributed by atoms with Crippen molar-refractivity contribution in [3.05, 3.63) is 0 Å². The molecular formula is C24H36N2O4. The SMILES string of the molecule is O=C(CO[C@@H]1CCOC2(C1)CN(C(=O)C13CC4CC(CC(C4)C1)C3)C2)N1CCCC1. The summed E-state index contributed by atoms with van der Waals surface area (Å²) in [6.45, 7) is 4.04. The van der Waals surface area contributed by atoms with Crippen LogP contribution in [0, 0.1) is 23.2 Å². The zero-order valence-corrected chi connectivity index (χ0v) is 18.2. The molecule has 3 aliphatic heterocycles. The van der Waals surface area contributed by atoms with Gasteiger partial charge in [0.05, 0.1) is 24.6 Å². The minimum absolute atomic E-state index is 0.0525. The van der Waals surface area contributed by atoms with Gasteiger partial charge in [0.15, 0.2) is 0 Å². The van der Waals surface area contributed by atoms with E-state index in [0.717, 1.165) is 75.8 Å². The van der Waals surface area contributed by atoms with Crippen molar-refractivity contribution in [2.24, 2.45) is 23.2 Å². The van der Waals surface area contributed by atoms with Crippen molar-refractivity contribution in [2.45, 2.75) is 75.9 Å². The van der Waals surface area contributed by atoms with Crippen LogP contribution in [-0.2, 0) is 19.1 Å². The number of amides is 2. The first-order valence-electron chi connectivity index (χ1n) is 12.4. The average Bonchev–Trinajstić information content (AvgIpc) is 3.24. The molecule has 30 heavy (non-hydrogen) atoms. The molecule has 0 radical (unpaired) electrons. The average molecular weight is 417 g/mol. The van der Waals surface area contributed by atoms with Crippen LogP contribution in [0.15, 0.2) is 0 Å². The minimum Gasteiger partial charge on any atom is -0.371 e. The molecule has 0 unspecified atom stereocenters. The van der Waals surface area contributed by atoms with E-state index in [1.165, 1.54) is 19.3 Å². The Morgan fingerprint density at radius 2 is 1.53 bits per heavy atom. The molecule has 4 aliphatic carbocycles. The molecule has 0 N–H and O–H groups in total. The summed E-state index contributed by atoms with van der Waals surface area (Å²) in [6.07, 6.45) is 11.5. The first kappa shape index (κ1) is 19.5. The molecule has 166 valence electrons. The molecule has 1 spiro atoms. The largest absolute Gasteiger partial charge is 0.371 e. The first-order chi connectivity index (χ1) is 14.5. The van der Waals surface area contributed by atoms with Gasteiger partial charge in [-0.05, 0) is 75.5 Å². The van der Waals surface area contributed by atoms with E-state index in [9.17, 15) is 9.59 Å². The third kappa shape index (κ3) is 3.29. The fourth-order valence-corrected chi connectivity index (χ4v) is 8.09. The number of hydrogen-bond acceptors (Lipinski definition) is 4. The van der Waals surface area contributed by atoms with Gasteiger partial charge in [-0.3, -0.25) is 9.59 Å². The van der Waals surface area contributed by atoms with E-state index in [4.69, 9.17) is 9.47 Å². The quantitative estimate of drug-likeness (QED) is 0.707. The highest BCUT2D eigenvalue weighted by Gasteiger charge is 2.59. The van der Waals surface area contributed by atoms with E-state index in [-0.39, 0.29) is 29.6 Å². The lowest BCUT2D eigenvalue weighted by Gasteiger charge is -2.60. The second-order valence-electron chi connectivity index (χ2n) is 11.4. The fraction of sp³-hybridized carbons (Fsp3) is 0.917. The zero-order valence-electron chi connectivity index (χ0n) is 18.2. The first-order valence-corrected chi connectivity index (χ1v) is 12.4. The van der Waals surface area contributed by atoms with Gasteiger partial charge in [-0.2, -0.15) is 0 Å². The molecule has 7 fully saturated rings. The number of likely N-dealkylation sites (tertiary alicyclic amines) is 2. The van der Waals surface area contributed by atoms with Gasteiger partial charge >= 0.3 is 0 Å². The summed E-state index contributed by atoms with van der Waals surface area (Å²) in [4.78, 5) is 29.8. The number of rotatable bonds is 4. The summed E-state index contributed by atoms with van der Waals surface area (Å²) < 4.78 is 12.2. The Kier molecular flexibility index (Phi) is 4.68. The van der Waals surface area contributed by atoms with Crippen molar-refractivity contribution in [2.75, 3.05) is 39.4 Å². The molecule has 7 aliphatic rings. The highest BCUT2D eigenvalue weighted by atomic mass is 16.5. The highest BCUT2D eigenvalue weighted by Crippen LogP contribution is 2.61. The molecule has 4 saturated carbocycles. The van der Waals surface area contributed by atoms with Crippen LogP contribution in [0.4, 0.5) is 0 Å². The van der Waals surface area contributed by atoms with Crippen molar-refractivity contribution in [1.29, 1.82) is 0 Å². The number of hydrogen-bond donors (Lipinski definition) is 0. The standard InChI is InChI=1S/C24H36N2O4/c27-21(25-4-1-2-5-25)14-29-20-3-6-30-24(13-20)15-26(16-24)22(28)23-10-17-7-18(11-23)9-19(8-17)12-23/h17-20H,1-16H2/t17?,18?,19?,20-,23?/m1/s1. The van der Waals surface area contributed by atoms with Gasteiger partial charge in [0.1, 0.15) is 12.2 Å². The van der Waals surface area contributed by atoms with Gasteiger partial charge in [-0.1, -0.05) is 0 Å². The maximum Gasteiger partial charge on any atom is 0.248 e. The summed E-state index contributed by atoms with van der Waals surface area (Å²) in [5.41, 5.74) is -0.291. The predicted molar refractivity (Wildman–Crippen MR) is 111 cm³/mol. The van der Waals surface area contributed by atoms with Crippen molar-refractivity contribution in [3.8, 4) is 0 Å². The van der Waals surface area contributed by atoms with Crippen LogP contribution in [0.25, 0.3) is 0 Å². The Labute approximate surface area is 179 Å². The van der Waals surface area contributed by atoms with Crippen molar-refractivity contribution in [3.63, 3.8) is 0 Å². The summed E-state index contributed by atoms with van der Waals surface area (Å²) in [5, 5.41) is 0. The van der Waals surface area contributed by atoms with Gasteiger partial charge in [0.2, 0.25) is 11.8 Å². The Morgan fingerprint density at radius 3 is 2.17 bits per heavy atom. The minimum atomic E-state index is -0.239. The van der Waals surface area contributed by atoms with E-state index in [2.05, 4.69) is 4.90 Å². The summed E-state index contributed by atoms with van der Waals surface area (Å²) in [6, 6.07) is 0. The Bertz CT molecular complexity index is 675. The molecule has 0 aromatic carbocycles. The second-order valence-corrected chi connectivity index (χ2v) is 11.4. The number of carbonyl (C=O) groups excluding carboxylic acids is 2. The van der Waals surface area contributed by atoms with Crippen molar-refractivity contribution in [1.82, 2.24) is 9.80 Å². The van der Waals surface area contributed by atoms with Crippen LogP contribution >= 0.6 is 0 Å². The molecule has 2 amide bonds. The lowest BCUT2D eigenvalue weighted by Crippen LogP contribution is -2.70. The van der Waals surface area contributed by atoms with E-state index in [1.807, 2.05) is 4.90 Å². The topological polar surface area (TPSA) is 59.1 Å². The summed E-state index contributed by atoms with van der Waals surface area (Å²) >= 11 is 0. The number of carbonyl (C=O) groups is 2. The number of nitrogens with zero attached hydrogens (tertiary/aromatic N) is 2. The molecule has 6 nitrogen and oxygen atoms in total. The normalized spacial score (nSPS) is 41.3. The Balaban J connectivity index is 1.03. The molecule has 1 atom stereocenters. The molecule has 6 heteroatoms. The third-order valence-electron chi connectivity index (χ3n) is 9.09. The molecule has 0 aromatic rings. The third-order valence-corrected chi connectivity index (χ3v) is 9.09. The van der Waals surface area contributed by atoms with Gasteiger partial charge in [0.25, 0.3) is 0 Å². The van der Waals surface area contributed by atoms with Gasteiger partial charge in [-0.25, -0.2) is 0 Å². The monoisotopic (exact) mass is 416 g/mol. The van der Waals surface area contributed by atoms with Crippen molar-refractivity contribution >= 4 is 11.8 Å². The maximum absolute atomic E-state index is 13.5. The zero-order chi connectivity index (χ0) is 20.3. The van der Waals surface area contributed by atoms with Crippen molar-refractivity contribution < 1.29 is 19.1 Å². The van der Waals surface area contributed by atoms with E-state index >= 15 is 0 Å². The van der Waals surface area contributed by atoms with Crippen LogP contribution in [0.1, 0.15) is 64.2 Å². The van der Waals surface area contributed by atoms with E-state index in [1.54, 1.807) is 0 Å². The maximum atomic E-state index is 13.5. The molecule has 3 saturated heterocycles. The lowest BCUT2D eigenvalue weighted by molar-refractivity contribution is -0.212. The molecule has 0 aromatic heterocycles. The van der Waals surface area contributed by atoms with E-state index < -0.39 is 0 Å². The van der Waals surface area contributed by atoms with Crippen LogP contribution in [-0.4, -0.2) is 72.7 Å². The Morgan fingerprint density at radius 1 is 0.900 bits per heavy atom. The Hall–Kier alpha value is -1.14. The van der Waals surface area contributed by atoms with Crippen LogP contribution < -0.4 is 0 Å². The molecule has 7 rings (SSSR count). The molecule has 4 bridgehead atoms. The predicted octanol–water partition coefficient (Wildman–Crippen LogP) is 2.60.